The summed E-state index contributed by atoms with van der Waals surface area (Å²) in [6.07, 6.45) is 9.21. The van der Waals surface area contributed by atoms with Crippen LogP contribution in [0, 0.1) is 6.92 Å². The number of aromatic nitrogens is 1. The lowest BCUT2D eigenvalue weighted by molar-refractivity contribution is 0.136. The van der Waals surface area contributed by atoms with Gasteiger partial charge in [-0.2, -0.15) is 0 Å². The van der Waals surface area contributed by atoms with Crippen molar-refractivity contribution >= 4 is 0 Å². The fraction of sp³-hybridized carbons (Fsp3) is 0.400. The number of rotatable bonds is 9. The van der Waals surface area contributed by atoms with E-state index in [1.54, 1.807) is 14.2 Å². The number of benzene rings is 1. The molecular formula is C25H32N2O3. The Hall–Kier alpha value is -2.79. The first-order valence-corrected chi connectivity index (χ1v) is 10.3. The number of para-hydroxylation sites is 1. The molecule has 0 spiro atoms. The van der Waals surface area contributed by atoms with Crippen LogP contribution in [0.3, 0.4) is 0 Å². The SMILES string of the molecule is C=CC[C@H]1CC(C)=C[C@H](CC=C)N1Cc1nc(-c2cccc(OC)c2OC)oc1C. The van der Waals surface area contributed by atoms with Gasteiger partial charge in [0.2, 0.25) is 5.89 Å². The van der Waals surface area contributed by atoms with Crippen LogP contribution in [0.25, 0.3) is 11.5 Å². The number of methoxy groups -OCH3 is 2. The fourth-order valence-electron chi connectivity index (χ4n) is 4.20. The molecule has 2 atom stereocenters. The Morgan fingerprint density at radius 2 is 1.93 bits per heavy atom. The highest BCUT2D eigenvalue weighted by atomic mass is 16.5. The van der Waals surface area contributed by atoms with Crippen LogP contribution in [-0.4, -0.2) is 36.2 Å². The van der Waals surface area contributed by atoms with Crippen molar-refractivity contribution in [3.8, 4) is 23.0 Å². The summed E-state index contributed by atoms with van der Waals surface area (Å²) in [4.78, 5) is 7.34. The fourth-order valence-corrected chi connectivity index (χ4v) is 4.20. The molecular weight excluding hydrogens is 376 g/mol. The van der Waals surface area contributed by atoms with Crippen molar-refractivity contribution in [2.45, 2.75) is 51.7 Å². The normalized spacial score (nSPS) is 19.3. The van der Waals surface area contributed by atoms with Crippen molar-refractivity contribution < 1.29 is 13.9 Å². The molecule has 0 radical (unpaired) electrons. The summed E-state index contributed by atoms with van der Waals surface area (Å²) in [5.74, 6) is 2.64. The maximum atomic E-state index is 6.07. The van der Waals surface area contributed by atoms with E-state index >= 15 is 0 Å². The van der Waals surface area contributed by atoms with E-state index in [-0.39, 0.29) is 0 Å². The third-order valence-corrected chi connectivity index (χ3v) is 5.63. The molecule has 1 aromatic carbocycles. The molecule has 0 bridgehead atoms. The summed E-state index contributed by atoms with van der Waals surface area (Å²) in [5.41, 5.74) is 3.14. The first kappa shape index (κ1) is 21.9. The second-order valence-electron chi connectivity index (χ2n) is 7.72. The predicted octanol–water partition coefficient (Wildman–Crippen LogP) is 5.71. The summed E-state index contributed by atoms with van der Waals surface area (Å²) in [5, 5.41) is 0. The van der Waals surface area contributed by atoms with Gasteiger partial charge in [0.1, 0.15) is 5.76 Å². The third kappa shape index (κ3) is 4.51. The van der Waals surface area contributed by atoms with E-state index in [4.69, 9.17) is 18.9 Å². The zero-order valence-electron chi connectivity index (χ0n) is 18.5. The van der Waals surface area contributed by atoms with E-state index in [9.17, 15) is 0 Å². The Kier molecular flexibility index (Phi) is 7.16. The zero-order valence-corrected chi connectivity index (χ0v) is 18.5. The largest absolute Gasteiger partial charge is 0.493 e. The standard InChI is InChI=1S/C25H32N2O3/c1-7-10-19-14-17(3)15-20(11-8-2)27(19)16-22-18(4)30-25(26-22)21-12-9-13-23(28-5)24(21)29-6/h7-9,12-14,19-20H,1-2,10-11,15-16H2,3-6H3/t19-,20-/m0/s1. The van der Waals surface area contributed by atoms with Crippen molar-refractivity contribution in [1.82, 2.24) is 9.88 Å². The molecule has 0 saturated heterocycles. The highest BCUT2D eigenvalue weighted by Crippen LogP contribution is 2.38. The van der Waals surface area contributed by atoms with Gasteiger partial charge in [0, 0.05) is 18.6 Å². The molecule has 30 heavy (non-hydrogen) atoms. The minimum atomic E-state index is 0.298. The van der Waals surface area contributed by atoms with Gasteiger partial charge in [0.05, 0.1) is 25.5 Å². The number of nitrogens with zero attached hydrogens (tertiary/aromatic N) is 2. The van der Waals surface area contributed by atoms with Crippen LogP contribution in [0.2, 0.25) is 0 Å². The molecule has 0 N–H and O–H groups in total. The molecule has 0 aliphatic carbocycles. The molecule has 0 unspecified atom stereocenters. The molecule has 2 aromatic rings. The van der Waals surface area contributed by atoms with Gasteiger partial charge in [-0.15, -0.1) is 13.2 Å². The Morgan fingerprint density at radius 3 is 2.60 bits per heavy atom. The molecule has 2 heterocycles. The Balaban J connectivity index is 1.95. The van der Waals surface area contributed by atoms with Crippen LogP contribution in [0.5, 0.6) is 11.5 Å². The molecule has 1 aliphatic heterocycles. The molecule has 5 nitrogen and oxygen atoms in total. The summed E-state index contributed by atoms with van der Waals surface area (Å²) >= 11 is 0. The maximum absolute atomic E-state index is 6.07. The van der Waals surface area contributed by atoms with E-state index in [1.807, 2.05) is 37.3 Å². The lowest BCUT2D eigenvalue weighted by Gasteiger charge is -2.40. The first-order chi connectivity index (χ1) is 14.5. The summed E-state index contributed by atoms with van der Waals surface area (Å²) in [7, 11) is 3.25. The summed E-state index contributed by atoms with van der Waals surface area (Å²) in [6, 6.07) is 6.40. The quantitative estimate of drug-likeness (QED) is 0.498. The Morgan fingerprint density at radius 1 is 1.17 bits per heavy atom. The lowest BCUT2D eigenvalue weighted by atomic mass is 9.92. The van der Waals surface area contributed by atoms with Gasteiger partial charge in [-0.05, 0) is 45.2 Å². The average molecular weight is 409 g/mol. The van der Waals surface area contributed by atoms with Gasteiger partial charge in [-0.25, -0.2) is 4.98 Å². The summed E-state index contributed by atoms with van der Waals surface area (Å²) in [6.45, 7) is 12.8. The van der Waals surface area contributed by atoms with Gasteiger partial charge in [0.15, 0.2) is 11.5 Å². The van der Waals surface area contributed by atoms with E-state index in [1.165, 1.54) is 5.57 Å². The third-order valence-electron chi connectivity index (χ3n) is 5.63. The van der Waals surface area contributed by atoms with Crippen LogP contribution in [0.15, 0.2) is 59.6 Å². The van der Waals surface area contributed by atoms with E-state index < -0.39 is 0 Å². The van der Waals surface area contributed by atoms with Crippen molar-refractivity contribution in [3.05, 3.63) is 66.6 Å². The van der Waals surface area contributed by atoms with Crippen LogP contribution in [0.4, 0.5) is 0 Å². The van der Waals surface area contributed by atoms with Crippen LogP contribution in [-0.2, 0) is 6.54 Å². The van der Waals surface area contributed by atoms with Crippen LogP contribution >= 0.6 is 0 Å². The Bertz CT molecular complexity index is 928. The molecule has 1 aromatic heterocycles. The van der Waals surface area contributed by atoms with Crippen molar-refractivity contribution in [2.75, 3.05) is 14.2 Å². The minimum absolute atomic E-state index is 0.298. The predicted molar refractivity (Wildman–Crippen MR) is 121 cm³/mol. The second-order valence-corrected chi connectivity index (χ2v) is 7.72. The average Bonchev–Trinajstić information content (AvgIpc) is 3.10. The highest BCUT2D eigenvalue weighted by Gasteiger charge is 2.30. The molecule has 160 valence electrons. The van der Waals surface area contributed by atoms with Crippen molar-refractivity contribution in [2.24, 2.45) is 0 Å². The van der Waals surface area contributed by atoms with E-state index in [2.05, 4.69) is 31.1 Å². The van der Waals surface area contributed by atoms with Crippen molar-refractivity contribution in [3.63, 3.8) is 0 Å². The van der Waals surface area contributed by atoms with Crippen molar-refractivity contribution in [1.29, 1.82) is 0 Å². The number of ether oxygens (including phenoxy) is 2. The monoisotopic (exact) mass is 408 g/mol. The summed E-state index contributed by atoms with van der Waals surface area (Å²) < 4.78 is 17.1. The molecule has 0 amide bonds. The topological polar surface area (TPSA) is 47.7 Å². The van der Waals surface area contributed by atoms with Gasteiger partial charge < -0.3 is 13.9 Å². The van der Waals surface area contributed by atoms with Gasteiger partial charge >= 0.3 is 0 Å². The number of hydrogen-bond acceptors (Lipinski definition) is 5. The second kappa shape index (κ2) is 9.81. The lowest BCUT2D eigenvalue weighted by Crippen LogP contribution is -2.44. The molecule has 0 saturated carbocycles. The van der Waals surface area contributed by atoms with E-state index in [0.717, 1.165) is 36.3 Å². The highest BCUT2D eigenvalue weighted by molar-refractivity contribution is 5.68. The van der Waals surface area contributed by atoms with Crippen LogP contribution < -0.4 is 9.47 Å². The molecule has 3 rings (SSSR count). The Labute approximate surface area is 179 Å². The first-order valence-electron chi connectivity index (χ1n) is 10.3. The minimum Gasteiger partial charge on any atom is -0.493 e. The number of hydrogen-bond donors (Lipinski definition) is 0. The van der Waals surface area contributed by atoms with Gasteiger partial charge in [-0.3, -0.25) is 4.90 Å². The molecule has 1 aliphatic rings. The van der Waals surface area contributed by atoms with Gasteiger partial charge in [0.25, 0.3) is 0 Å². The van der Waals surface area contributed by atoms with Gasteiger partial charge in [-0.1, -0.05) is 29.9 Å². The smallest absolute Gasteiger partial charge is 0.230 e. The maximum Gasteiger partial charge on any atom is 0.230 e. The molecule has 0 fully saturated rings. The van der Waals surface area contributed by atoms with E-state index in [0.29, 0.717) is 36.0 Å². The molecule has 5 heteroatoms. The van der Waals surface area contributed by atoms with Crippen LogP contribution in [0.1, 0.15) is 37.6 Å². The number of aryl methyl sites for hydroxylation is 1. The number of oxazole rings is 1. The zero-order chi connectivity index (χ0) is 21.7.